The number of ether oxygens (including phenoxy) is 3. The lowest BCUT2D eigenvalue weighted by atomic mass is 10.2. The van der Waals surface area contributed by atoms with Gasteiger partial charge in [0.2, 0.25) is 0 Å². The molecule has 2 heterocycles. The lowest BCUT2D eigenvalue weighted by Crippen LogP contribution is -2.47. The molecule has 0 amide bonds. The summed E-state index contributed by atoms with van der Waals surface area (Å²) in [6.07, 6.45) is 2.88. The van der Waals surface area contributed by atoms with Gasteiger partial charge in [0.1, 0.15) is 36.6 Å². The molecule has 2 N–H and O–H groups in total. The first-order valence-corrected chi connectivity index (χ1v) is 10.8. The summed E-state index contributed by atoms with van der Waals surface area (Å²) in [6.45, 7) is 6.74. The Balaban J connectivity index is 1.45. The largest absolute Gasteiger partial charge is 0.497 e. The molecule has 0 saturated carbocycles. The van der Waals surface area contributed by atoms with Crippen LogP contribution in [0.3, 0.4) is 0 Å². The van der Waals surface area contributed by atoms with E-state index in [9.17, 15) is 5.11 Å². The molecule has 31 heavy (non-hydrogen) atoms. The number of benzene rings is 1. The molecule has 8 heteroatoms. The van der Waals surface area contributed by atoms with Crippen molar-refractivity contribution in [2.24, 2.45) is 0 Å². The predicted molar refractivity (Wildman–Crippen MR) is 120 cm³/mol. The highest BCUT2D eigenvalue weighted by molar-refractivity contribution is 5.40. The average molecular weight is 431 g/mol. The SMILES string of the molecule is COc1ccc(CNCCOc2cccnc2)c(OC[C@H](O)CN2CCN(C)CC2)c1. The first-order chi connectivity index (χ1) is 15.1. The highest BCUT2D eigenvalue weighted by atomic mass is 16.5. The van der Waals surface area contributed by atoms with Crippen LogP contribution in [-0.2, 0) is 6.54 Å². The van der Waals surface area contributed by atoms with Gasteiger partial charge in [-0.3, -0.25) is 9.88 Å². The van der Waals surface area contributed by atoms with Crippen LogP contribution in [0.1, 0.15) is 5.56 Å². The number of hydrogen-bond donors (Lipinski definition) is 2. The van der Waals surface area contributed by atoms with Gasteiger partial charge in [0.25, 0.3) is 0 Å². The summed E-state index contributed by atoms with van der Waals surface area (Å²) in [5.41, 5.74) is 1.01. The fourth-order valence-electron chi connectivity index (χ4n) is 3.41. The molecule has 1 saturated heterocycles. The minimum atomic E-state index is -0.539. The topological polar surface area (TPSA) is 79.3 Å². The summed E-state index contributed by atoms with van der Waals surface area (Å²) in [5.74, 6) is 2.21. The van der Waals surface area contributed by atoms with Crippen molar-refractivity contribution in [3.8, 4) is 17.2 Å². The molecule has 0 bridgehead atoms. The Kier molecular flexibility index (Phi) is 9.36. The van der Waals surface area contributed by atoms with Crippen LogP contribution in [0.15, 0.2) is 42.7 Å². The van der Waals surface area contributed by atoms with Crippen molar-refractivity contribution in [3.63, 3.8) is 0 Å². The van der Waals surface area contributed by atoms with E-state index in [1.165, 1.54) is 0 Å². The van der Waals surface area contributed by atoms with Crippen molar-refractivity contribution in [1.29, 1.82) is 0 Å². The number of aliphatic hydroxyl groups is 1. The van der Waals surface area contributed by atoms with E-state index in [1.54, 1.807) is 19.5 Å². The van der Waals surface area contributed by atoms with Crippen LogP contribution in [0.5, 0.6) is 17.2 Å². The van der Waals surface area contributed by atoms with Gasteiger partial charge in [0, 0.05) is 63.6 Å². The average Bonchev–Trinajstić information content (AvgIpc) is 2.80. The number of likely N-dealkylation sites (N-methyl/N-ethyl adjacent to an activating group) is 1. The molecule has 1 aromatic carbocycles. The fourth-order valence-corrected chi connectivity index (χ4v) is 3.41. The van der Waals surface area contributed by atoms with Crippen LogP contribution in [-0.4, -0.2) is 92.6 Å². The minimum Gasteiger partial charge on any atom is -0.497 e. The van der Waals surface area contributed by atoms with Crippen LogP contribution < -0.4 is 19.5 Å². The number of piperazine rings is 1. The molecule has 1 aliphatic heterocycles. The fraction of sp³-hybridized carbons (Fsp3) is 0.522. The van der Waals surface area contributed by atoms with Gasteiger partial charge in [0.15, 0.2) is 0 Å². The van der Waals surface area contributed by atoms with Crippen molar-refractivity contribution in [2.45, 2.75) is 12.6 Å². The lowest BCUT2D eigenvalue weighted by molar-refractivity contribution is 0.0501. The van der Waals surface area contributed by atoms with Crippen LogP contribution in [0.2, 0.25) is 0 Å². The van der Waals surface area contributed by atoms with Gasteiger partial charge in [-0.15, -0.1) is 0 Å². The van der Waals surface area contributed by atoms with E-state index in [0.717, 1.165) is 49.0 Å². The zero-order valence-corrected chi connectivity index (χ0v) is 18.5. The summed E-state index contributed by atoms with van der Waals surface area (Å²) in [4.78, 5) is 8.62. The van der Waals surface area contributed by atoms with Gasteiger partial charge >= 0.3 is 0 Å². The van der Waals surface area contributed by atoms with Gasteiger partial charge in [-0.25, -0.2) is 0 Å². The van der Waals surface area contributed by atoms with Gasteiger partial charge in [0.05, 0.1) is 13.3 Å². The molecule has 8 nitrogen and oxygen atoms in total. The first-order valence-electron chi connectivity index (χ1n) is 10.8. The Morgan fingerprint density at radius 1 is 1.13 bits per heavy atom. The second-order valence-electron chi connectivity index (χ2n) is 7.76. The van der Waals surface area contributed by atoms with E-state index >= 15 is 0 Å². The summed E-state index contributed by atoms with van der Waals surface area (Å²) < 4.78 is 17.0. The smallest absolute Gasteiger partial charge is 0.137 e. The number of nitrogens with one attached hydrogen (secondary N) is 1. The second kappa shape index (κ2) is 12.5. The van der Waals surface area contributed by atoms with Crippen molar-refractivity contribution in [2.75, 3.05) is 66.6 Å². The van der Waals surface area contributed by atoms with Gasteiger partial charge in [-0.2, -0.15) is 0 Å². The van der Waals surface area contributed by atoms with E-state index in [0.29, 0.717) is 26.2 Å². The van der Waals surface area contributed by atoms with E-state index in [-0.39, 0.29) is 6.61 Å². The predicted octanol–water partition coefficient (Wildman–Crippen LogP) is 1.25. The summed E-state index contributed by atoms with van der Waals surface area (Å²) in [5, 5.41) is 13.8. The summed E-state index contributed by atoms with van der Waals surface area (Å²) in [7, 11) is 3.76. The number of pyridine rings is 1. The molecular formula is C23H34N4O4. The molecule has 0 unspecified atom stereocenters. The molecular weight excluding hydrogens is 396 g/mol. The van der Waals surface area contributed by atoms with Gasteiger partial charge in [-0.05, 0) is 25.2 Å². The highest BCUT2D eigenvalue weighted by Gasteiger charge is 2.18. The Bertz CT molecular complexity index is 769. The van der Waals surface area contributed by atoms with E-state index in [2.05, 4.69) is 27.1 Å². The maximum atomic E-state index is 10.5. The second-order valence-corrected chi connectivity index (χ2v) is 7.76. The van der Waals surface area contributed by atoms with Crippen molar-refractivity contribution >= 4 is 0 Å². The normalized spacial score (nSPS) is 16.1. The molecule has 0 aliphatic carbocycles. The molecule has 1 fully saturated rings. The Morgan fingerprint density at radius 2 is 1.97 bits per heavy atom. The van der Waals surface area contributed by atoms with Crippen LogP contribution >= 0.6 is 0 Å². The Hall–Kier alpha value is -2.39. The minimum absolute atomic E-state index is 0.247. The van der Waals surface area contributed by atoms with E-state index < -0.39 is 6.10 Å². The summed E-state index contributed by atoms with van der Waals surface area (Å²) >= 11 is 0. The molecule has 1 atom stereocenters. The zero-order valence-electron chi connectivity index (χ0n) is 18.5. The van der Waals surface area contributed by atoms with Gasteiger partial charge < -0.3 is 29.5 Å². The molecule has 1 aliphatic rings. The number of nitrogens with zero attached hydrogens (tertiary/aromatic N) is 3. The number of aromatic nitrogens is 1. The maximum absolute atomic E-state index is 10.5. The number of β-amino-alcohol motifs (C(OH)–C–C–N with tert-alkyl or cyclic N) is 1. The van der Waals surface area contributed by atoms with Gasteiger partial charge in [-0.1, -0.05) is 6.07 Å². The third-order valence-corrected chi connectivity index (χ3v) is 5.27. The van der Waals surface area contributed by atoms with Crippen molar-refractivity contribution < 1.29 is 19.3 Å². The molecule has 0 radical (unpaired) electrons. The molecule has 0 spiro atoms. The third-order valence-electron chi connectivity index (χ3n) is 5.27. The van der Waals surface area contributed by atoms with E-state index in [1.807, 2.05) is 30.3 Å². The number of aliphatic hydroxyl groups excluding tert-OH is 1. The molecule has 2 aromatic rings. The monoisotopic (exact) mass is 430 g/mol. The quantitative estimate of drug-likeness (QED) is 0.487. The standard InChI is InChI=1S/C23H34N4O4/c1-26-9-11-27(12-10-26)17-20(28)18-31-23-14-21(29-2)6-5-19(23)15-25-8-13-30-22-4-3-7-24-16-22/h3-7,14,16,20,25,28H,8-13,15,17-18H2,1-2H3/t20-/m1/s1. The van der Waals surface area contributed by atoms with E-state index in [4.69, 9.17) is 14.2 Å². The van der Waals surface area contributed by atoms with Crippen LogP contribution in [0.4, 0.5) is 0 Å². The van der Waals surface area contributed by atoms with Crippen LogP contribution in [0, 0.1) is 0 Å². The highest BCUT2D eigenvalue weighted by Crippen LogP contribution is 2.25. The third kappa shape index (κ3) is 7.99. The zero-order chi connectivity index (χ0) is 21.9. The van der Waals surface area contributed by atoms with Crippen LogP contribution in [0.25, 0.3) is 0 Å². The van der Waals surface area contributed by atoms with Crippen molar-refractivity contribution in [3.05, 3.63) is 48.3 Å². The summed E-state index contributed by atoms with van der Waals surface area (Å²) in [6, 6.07) is 9.50. The number of rotatable bonds is 12. The Morgan fingerprint density at radius 3 is 2.71 bits per heavy atom. The first kappa shape index (κ1) is 23.3. The maximum Gasteiger partial charge on any atom is 0.137 e. The Labute approximate surface area is 184 Å². The lowest BCUT2D eigenvalue weighted by Gasteiger charge is -2.33. The number of methoxy groups -OCH3 is 1. The molecule has 3 rings (SSSR count). The van der Waals surface area contributed by atoms with Crippen molar-refractivity contribution in [1.82, 2.24) is 20.1 Å². The number of hydrogen-bond acceptors (Lipinski definition) is 8. The molecule has 1 aromatic heterocycles. The molecule has 170 valence electrons.